The van der Waals surface area contributed by atoms with Gasteiger partial charge in [-0.1, -0.05) is 18.6 Å². The summed E-state index contributed by atoms with van der Waals surface area (Å²) >= 11 is 0. The number of pyridine rings is 1. The molecule has 1 amide bonds. The zero-order valence-corrected chi connectivity index (χ0v) is 14.3. The van der Waals surface area contributed by atoms with E-state index in [1.54, 1.807) is 24.3 Å². The normalized spacial score (nSPS) is 21.6. The average molecular weight is 342 g/mol. The van der Waals surface area contributed by atoms with Crippen molar-refractivity contribution in [3.63, 3.8) is 0 Å². The lowest BCUT2D eigenvalue weighted by Gasteiger charge is -2.31. The smallest absolute Gasteiger partial charge is 0.253 e. The summed E-state index contributed by atoms with van der Waals surface area (Å²) in [6, 6.07) is 9.73. The maximum absolute atomic E-state index is 13.3. The van der Waals surface area contributed by atoms with Gasteiger partial charge in [-0.3, -0.25) is 9.78 Å². The second-order valence-corrected chi connectivity index (χ2v) is 6.78. The number of aromatic nitrogens is 1. The van der Waals surface area contributed by atoms with Gasteiger partial charge in [-0.25, -0.2) is 4.39 Å². The quantitative estimate of drug-likeness (QED) is 0.893. The first-order valence-electron chi connectivity index (χ1n) is 8.74. The molecule has 3 unspecified atom stereocenters. The number of rotatable bonds is 4. The van der Waals surface area contributed by atoms with Crippen LogP contribution in [0.2, 0.25) is 0 Å². The number of benzene rings is 1. The zero-order valence-electron chi connectivity index (χ0n) is 14.3. The van der Waals surface area contributed by atoms with Gasteiger partial charge >= 0.3 is 0 Å². The Bertz CT molecular complexity index is 731. The van der Waals surface area contributed by atoms with Crippen LogP contribution in [0.5, 0.6) is 0 Å². The maximum atomic E-state index is 13.3. The fraction of sp³-hybridized carbons (Fsp3) is 0.400. The molecule has 0 saturated heterocycles. The van der Waals surface area contributed by atoms with Crippen molar-refractivity contribution in [1.29, 1.82) is 0 Å². The molecule has 1 fully saturated rings. The van der Waals surface area contributed by atoms with Gasteiger partial charge in [-0.15, -0.1) is 0 Å². The van der Waals surface area contributed by atoms with E-state index in [1.807, 2.05) is 6.92 Å². The summed E-state index contributed by atoms with van der Waals surface area (Å²) < 4.78 is 13.3. The molecule has 4 nitrogen and oxygen atoms in total. The molecule has 132 valence electrons. The van der Waals surface area contributed by atoms with Gasteiger partial charge in [-0.2, -0.15) is 0 Å². The van der Waals surface area contributed by atoms with Crippen LogP contribution in [-0.4, -0.2) is 28.1 Å². The Labute approximate surface area is 147 Å². The number of halogens is 1. The van der Waals surface area contributed by atoms with Crippen molar-refractivity contribution in [2.24, 2.45) is 5.92 Å². The highest BCUT2D eigenvalue weighted by molar-refractivity contribution is 5.94. The Morgan fingerprint density at radius 3 is 2.84 bits per heavy atom. The highest BCUT2D eigenvalue weighted by Gasteiger charge is 2.26. The van der Waals surface area contributed by atoms with Crippen molar-refractivity contribution in [2.45, 2.75) is 44.8 Å². The van der Waals surface area contributed by atoms with Crippen molar-refractivity contribution >= 4 is 5.91 Å². The Morgan fingerprint density at radius 1 is 1.32 bits per heavy atom. The predicted octanol–water partition coefficient (Wildman–Crippen LogP) is 3.56. The summed E-state index contributed by atoms with van der Waals surface area (Å²) in [6.45, 7) is 1.81. The summed E-state index contributed by atoms with van der Waals surface area (Å²) in [6.07, 6.45) is 4.93. The summed E-state index contributed by atoms with van der Waals surface area (Å²) in [5.74, 6) is -0.229. The summed E-state index contributed by atoms with van der Waals surface area (Å²) in [7, 11) is 0. The van der Waals surface area contributed by atoms with Gasteiger partial charge < -0.3 is 10.4 Å². The molecule has 0 radical (unpaired) electrons. The molecule has 1 aliphatic rings. The van der Waals surface area contributed by atoms with Crippen molar-refractivity contribution in [3.8, 4) is 11.3 Å². The number of nitrogens with zero attached hydrogens (tertiary/aromatic N) is 1. The lowest BCUT2D eigenvalue weighted by molar-refractivity contribution is 0.0791. The Kier molecular flexibility index (Phi) is 5.43. The van der Waals surface area contributed by atoms with Crippen LogP contribution in [0.15, 0.2) is 42.6 Å². The molecule has 1 aliphatic carbocycles. The van der Waals surface area contributed by atoms with Gasteiger partial charge in [0.25, 0.3) is 5.91 Å². The number of aliphatic hydroxyl groups excluding tert-OH is 1. The van der Waals surface area contributed by atoms with E-state index in [4.69, 9.17) is 0 Å². The van der Waals surface area contributed by atoms with Crippen molar-refractivity contribution in [3.05, 3.63) is 54.0 Å². The third-order valence-corrected chi connectivity index (χ3v) is 4.88. The molecular weight excluding hydrogens is 319 g/mol. The van der Waals surface area contributed by atoms with Gasteiger partial charge in [-0.05, 0) is 56.4 Å². The van der Waals surface area contributed by atoms with Crippen LogP contribution < -0.4 is 5.32 Å². The minimum absolute atomic E-state index is 0.0868. The van der Waals surface area contributed by atoms with E-state index in [1.165, 1.54) is 18.3 Å². The third-order valence-electron chi connectivity index (χ3n) is 4.88. The topological polar surface area (TPSA) is 62.2 Å². The van der Waals surface area contributed by atoms with Crippen LogP contribution in [0.25, 0.3) is 11.3 Å². The molecule has 25 heavy (non-hydrogen) atoms. The largest absolute Gasteiger partial charge is 0.393 e. The van der Waals surface area contributed by atoms with Gasteiger partial charge in [0.1, 0.15) is 5.82 Å². The summed E-state index contributed by atoms with van der Waals surface area (Å²) in [5, 5.41) is 12.8. The van der Waals surface area contributed by atoms with E-state index >= 15 is 0 Å². The zero-order chi connectivity index (χ0) is 17.8. The van der Waals surface area contributed by atoms with Crippen LogP contribution in [0.1, 0.15) is 43.0 Å². The van der Waals surface area contributed by atoms with Crippen LogP contribution in [0.3, 0.4) is 0 Å². The van der Waals surface area contributed by atoms with E-state index < -0.39 is 0 Å². The number of carbonyl (C=O) groups is 1. The molecule has 0 spiro atoms. The SMILES string of the molecule is CC(O)C1CCCC(NC(=O)c2ccc(-c3cccc(F)c3)nc2)C1. The van der Waals surface area contributed by atoms with E-state index in [-0.39, 0.29) is 29.8 Å². The van der Waals surface area contributed by atoms with Crippen LogP contribution in [0, 0.1) is 11.7 Å². The minimum Gasteiger partial charge on any atom is -0.393 e. The first kappa shape index (κ1) is 17.5. The van der Waals surface area contributed by atoms with Crippen LogP contribution in [-0.2, 0) is 0 Å². The molecule has 3 rings (SSSR count). The van der Waals surface area contributed by atoms with E-state index in [9.17, 15) is 14.3 Å². The van der Waals surface area contributed by atoms with Gasteiger partial charge in [0.15, 0.2) is 0 Å². The highest BCUT2D eigenvalue weighted by atomic mass is 19.1. The number of aliphatic hydroxyl groups is 1. The minimum atomic E-state index is -0.341. The second-order valence-electron chi connectivity index (χ2n) is 6.78. The molecule has 1 aromatic heterocycles. The first-order valence-corrected chi connectivity index (χ1v) is 8.74. The molecule has 2 aromatic rings. The Balaban J connectivity index is 1.65. The number of carbonyl (C=O) groups excluding carboxylic acids is 1. The Morgan fingerprint density at radius 2 is 2.16 bits per heavy atom. The third kappa shape index (κ3) is 4.42. The molecule has 2 N–H and O–H groups in total. The van der Waals surface area contributed by atoms with Crippen LogP contribution >= 0.6 is 0 Å². The second kappa shape index (κ2) is 7.74. The number of amides is 1. The molecule has 1 heterocycles. The van der Waals surface area contributed by atoms with Crippen molar-refractivity contribution < 1.29 is 14.3 Å². The van der Waals surface area contributed by atoms with Crippen LogP contribution in [0.4, 0.5) is 4.39 Å². The maximum Gasteiger partial charge on any atom is 0.253 e. The van der Waals surface area contributed by atoms with Gasteiger partial charge in [0.05, 0.1) is 17.4 Å². The molecule has 1 saturated carbocycles. The molecule has 3 atom stereocenters. The summed E-state index contributed by atoms with van der Waals surface area (Å²) in [5.41, 5.74) is 1.79. The molecule has 0 bridgehead atoms. The number of hydrogen-bond acceptors (Lipinski definition) is 3. The van der Waals surface area contributed by atoms with Crippen molar-refractivity contribution in [2.75, 3.05) is 0 Å². The summed E-state index contributed by atoms with van der Waals surface area (Å²) in [4.78, 5) is 16.7. The predicted molar refractivity (Wildman–Crippen MR) is 94.5 cm³/mol. The fourth-order valence-electron chi connectivity index (χ4n) is 3.41. The average Bonchev–Trinajstić information content (AvgIpc) is 2.62. The molecule has 5 heteroatoms. The van der Waals surface area contributed by atoms with E-state index in [0.717, 1.165) is 25.7 Å². The lowest BCUT2D eigenvalue weighted by Crippen LogP contribution is -2.40. The van der Waals surface area contributed by atoms with E-state index in [0.29, 0.717) is 16.8 Å². The first-order chi connectivity index (χ1) is 12.0. The highest BCUT2D eigenvalue weighted by Crippen LogP contribution is 2.27. The Hall–Kier alpha value is -2.27. The van der Waals surface area contributed by atoms with Crippen molar-refractivity contribution in [1.82, 2.24) is 10.3 Å². The van der Waals surface area contributed by atoms with Gasteiger partial charge in [0.2, 0.25) is 0 Å². The van der Waals surface area contributed by atoms with Gasteiger partial charge in [0, 0.05) is 17.8 Å². The fourth-order valence-corrected chi connectivity index (χ4v) is 3.41. The number of hydrogen-bond donors (Lipinski definition) is 2. The monoisotopic (exact) mass is 342 g/mol. The molecule has 1 aromatic carbocycles. The molecule has 0 aliphatic heterocycles. The number of nitrogens with one attached hydrogen (secondary N) is 1. The standard InChI is InChI=1S/C20H23FN2O2/c1-13(24)14-4-3-7-18(11-14)23-20(25)16-8-9-19(22-12-16)15-5-2-6-17(21)10-15/h2,5-6,8-10,12-14,18,24H,3-4,7,11H2,1H3,(H,23,25). The van der Waals surface area contributed by atoms with E-state index in [2.05, 4.69) is 10.3 Å². The molecular formula is C20H23FN2O2. The lowest BCUT2D eigenvalue weighted by atomic mass is 9.83.